The zero-order valence-corrected chi connectivity index (χ0v) is 14.4. The van der Waals surface area contributed by atoms with Crippen molar-refractivity contribution in [3.8, 4) is 0 Å². The summed E-state index contributed by atoms with van der Waals surface area (Å²) in [6, 6.07) is 14.2. The Morgan fingerprint density at radius 1 is 1.04 bits per heavy atom. The first kappa shape index (κ1) is 16.1. The van der Waals surface area contributed by atoms with Crippen molar-refractivity contribution < 1.29 is 14.4 Å². The third-order valence-corrected chi connectivity index (χ3v) is 4.84. The van der Waals surface area contributed by atoms with Crippen molar-refractivity contribution in [2.24, 2.45) is 11.1 Å². The molecule has 7 heteroatoms. The second-order valence-electron chi connectivity index (χ2n) is 5.85. The summed E-state index contributed by atoms with van der Waals surface area (Å²) in [6.45, 7) is 0.205. The second kappa shape index (κ2) is 6.17. The van der Waals surface area contributed by atoms with Crippen molar-refractivity contribution in [2.75, 3.05) is 0 Å². The Kier molecular flexibility index (Phi) is 3.98. The van der Waals surface area contributed by atoms with E-state index < -0.39 is 12.0 Å². The molecule has 0 radical (unpaired) electrons. The van der Waals surface area contributed by atoms with Crippen LogP contribution in [0.4, 0.5) is 0 Å². The summed E-state index contributed by atoms with van der Waals surface area (Å²) < 4.78 is 0. The van der Waals surface area contributed by atoms with Crippen LogP contribution in [0.2, 0.25) is 10.0 Å². The fourth-order valence-electron chi connectivity index (χ4n) is 3.07. The molecule has 2 atom stereocenters. The van der Waals surface area contributed by atoms with Crippen molar-refractivity contribution in [1.82, 2.24) is 4.90 Å². The number of carbonyl (C=O) groups is 2. The van der Waals surface area contributed by atoms with E-state index in [9.17, 15) is 9.59 Å². The first-order chi connectivity index (χ1) is 12.1. The zero-order chi connectivity index (χ0) is 17.6. The molecule has 2 amide bonds. The average Bonchev–Trinajstić information content (AvgIpc) is 3.12. The number of rotatable bonds is 3. The fraction of sp³-hybridized carbons (Fsp3) is 0.167. The van der Waals surface area contributed by atoms with Gasteiger partial charge in [0, 0.05) is 10.6 Å². The Morgan fingerprint density at radius 3 is 2.52 bits per heavy atom. The summed E-state index contributed by atoms with van der Waals surface area (Å²) in [4.78, 5) is 31.9. The standard InChI is InChI=1S/C18H12Cl2N2O3/c19-11-6-7-12(13(20)8-11)15-14-16(25-21-15)18(24)22(17(14)23)9-10-4-2-1-3-5-10/h1-8,14,16H,9H2/t14-,16+/m0/s1. The van der Waals surface area contributed by atoms with Gasteiger partial charge in [-0.25, -0.2) is 0 Å². The minimum atomic E-state index is -0.932. The summed E-state index contributed by atoms with van der Waals surface area (Å²) in [5, 5.41) is 4.78. The molecule has 2 aromatic carbocycles. The van der Waals surface area contributed by atoms with Crippen LogP contribution >= 0.6 is 23.2 Å². The van der Waals surface area contributed by atoms with Crippen molar-refractivity contribution in [2.45, 2.75) is 12.6 Å². The summed E-state index contributed by atoms with van der Waals surface area (Å²) in [6.07, 6.45) is -0.932. The molecular weight excluding hydrogens is 363 g/mol. The van der Waals surface area contributed by atoms with Gasteiger partial charge in [0.05, 0.1) is 11.6 Å². The zero-order valence-electron chi connectivity index (χ0n) is 12.9. The van der Waals surface area contributed by atoms with Crippen molar-refractivity contribution in [3.63, 3.8) is 0 Å². The summed E-state index contributed by atoms with van der Waals surface area (Å²) in [7, 11) is 0. The monoisotopic (exact) mass is 374 g/mol. The maximum Gasteiger partial charge on any atom is 0.274 e. The molecule has 2 aromatic rings. The Balaban J connectivity index is 1.64. The normalized spacial score (nSPS) is 22.0. The maximum atomic E-state index is 12.8. The first-order valence-electron chi connectivity index (χ1n) is 7.64. The highest BCUT2D eigenvalue weighted by atomic mass is 35.5. The summed E-state index contributed by atoms with van der Waals surface area (Å²) in [5.74, 6) is -1.50. The number of imide groups is 1. The number of halogens is 2. The number of benzene rings is 2. The van der Waals surface area contributed by atoms with Crippen molar-refractivity contribution in [1.29, 1.82) is 0 Å². The highest BCUT2D eigenvalue weighted by molar-refractivity contribution is 6.38. The molecule has 0 saturated carbocycles. The number of amides is 2. The molecule has 0 aliphatic carbocycles. The van der Waals surface area contributed by atoms with E-state index in [1.165, 1.54) is 4.90 Å². The Bertz CT molecular complexity index is 898. The molecule has 2 heterocycles. The van der Waals surface area contributed by atoms with E-state index in [0.717, 1.165) is 5.56 Å². The van der Waals surface area contributed by atoms with Gasteiger partial charge in [0.2, 0.25) is 12.0 Å². The van der Waals surface area contributed by atoms with E-state index in [-0.39, 0.29) is 18.4 Å². The Morgan fingerprint density at radius 2 is 1.80 bits per heavy atom. The second-order valence-corrected chi connectivity index (χ2v) is 6.70. The molecule has 0 aromatic heterocycles. The minimum Gasteiger partial charge on any atom is -0.381 e. The van der Waals surface area contributed by atoms with Crippen LogP contribution in [0.3, 0.4) is 0 Å². The van der Waals surface area contributed by atoms with Crippen LogP contribution in [0.5, 0.6) is 0 Å². The molecule has 0 N–H and O–H groups in total. The van der Waals surface area contributed by atoms with Gasteiger partial charge in [-0.1, -0.05) is 64.8 Å². The quantitative estimate of drug-likeness (QED) is 0.774. The molecule has 5 nitrogen and oxygen atoms in total. The molecule has 2 aliphatic rings. The third kappa shape index (κ3) is 2.69. The van der Waals surface area contributed by atoms with Gasteiger partial charge in [0.1, 0.15) is 11.6 Å². The Hall–Kier alpha value is -2.37. The number of carbonyl (C=O) groups excluding carboxylic acids is 2. The van der Waals surface area contributed by atoms with Crippen LogP contribution in [0.25, 0.3) is 0 Å². The van der Waals surface area contributed by atoms with Gasteiger partial charge in [0.15, 0.2) is 0 Å². The Labute approximate surface area is 153 Å². The molecule has 0 bridgehead atoms. The molecule has 1 fully saturated rings. The molecular formula is C18H12Cl2N2O3. The van der Waals surface area contributed by atoms with Gasteiger partial charge >= 0.3 is 0 Å². The van der Waals surface area contributed by atoms with Crippen LogP contribution in [0.15, 0.2) is 53.7 Å². The molecule has 126 valence electrons. The number of fused-ring (bicyclic) bond motifs is 1. The molecule has 0 unspecified atom stereocenters. The van der Waals surface area contributed by atoms with Gasteiger partial charge < -0.3 is 4.84 Å². The number of nitrogens with zero attached hydrogens (tertiary/aromatic N) is 2. The predicted octanol–water partition coefficient (Wildman–Crippen LogP) is 3.28. The number of likely N-dealkylation sites (tertiary alicyclic amines) is 1. The molecule has 2 aliphatic heterocycles. The molecule has 0 spiro atoms. The lowest BCUT2D eigenvalue weighted by Crippen LogP contribution is -2.32. The SMILES string of the molecule is O=C1[C@H]2C(c3ccc(Cl)cc3Cl)=NO[C@H]2C(=O)N1Cc1ccccc1. The van der Waals surface area contributed by atoms with Gasteiger partial charge in [-0.05, 0) is 17.7 Å². The van der Waals surface area contributed by atoms with Crippen LogP contribution < -0.4 is 0 Å². The average molecular weight is 375 g/mol. The summed E-state index contributed by atoms with van der Waals surface area (Å²) >= 11 is 12.1. The fourth-order valence-corrected chi connectivity index (χ4v) is 3.58. The summed E-state index contributed by atoms with van der Waals surface area (Å²) in [5.41, 5.74) is 1.77. The topological polar surface area (TPSA) is 59.0 Å². The largest absolute Gasteiger partial charge is 0.381 e. The highest BCUT2D eigenvalue weighted by Crippen LogP contribution is 2.35. The number of hydrogen-bond acceptors (Lipinski definition) is 4. The lowest BCUT2D eigenvalue weighted by Gasteiger charge is -2.15. The van der Waals surface area contributed by atoms with Crippen molar-refractivity contribution >= 4 is 40.7 Å². The van der Waals surface area contributed by atoms with Crippen LogP contribution in [-0.2, 0) is 21.0 Å². The van der Waals surface area contributed by atoms with E-state index in [1.807, 2.05) is 30.3 Å². The van der Waals surface area contributed by atoms with E-state index in [0.29, 0.717) is 21.3 Å². The van der Waals surface area contributed by atoms with Gasteiger partial charge in [-0.2, -0.15) is 0 Å². The highest BCUT2D eigenvalue weighted by Gasteiger charge is 2.55. The first-order valence-corrected chi connectivity index (χ1v) is 8.40. The van der Waals surface area contributed by atoms with E-state index >= 15 is 0 Å². The smallest absolute Gasteiger partial charge is 0.274 e. The van der Waals surface area contributed by atoms with E-state index in [2.05, 4.69) is 5.16 Å². The van der Waals surface area contributed by atoms with Gasteiger partial charge in [-0.15, -0.1) is 0 Å². The predicted molar refractivity (Wildman–Crippen MR) is 93.4 cm³/mol. The maximum absolute atomic E-state index is 12.8. The van der Waals surface area contributed by atoms with Crippen molar-refractivity contribution in [3.05, 3.63) is 69.7 Å². The lowest BCUT2D eigenvalue weighted by molar-refractivity contribution is -0.142. The van der Waals surface area contributed by atoms with Gasteiger partial charge in [-0.3, -0.25) is 14.5 Å². The van der Waals surface area contributed by atoms with E-state index in [4.69, 9.17) is 28.0 Å². The number of hydrogen-bond donors (Lipinski definition) is 0. The van der Waals surface area contributed by atoms with Crippen LogP contribution in [0.1, 0.15) is 11.1 Å². The molecule has 4 rings (SSSR count). The number of oxime groups is 1. The third-order valence-electron chi connectivity index (χ3n) is 4.29. The van der Waals surface area contributed by atoms with Crippen LogP contribution in [0, 0.1) is 5.92 Å². The molecule has 25 heavy (non-hydrogen) atoms. The van der Waals surface area contributed by atoms with E-state index in [1.54, 1.807) is 18.2 Å². The molecule has 1 saturated heterocycles. The minimum absolute atomic E-state index is 0.205. The van der Waals surface area contributed by atoms with Crippen LogP contribution in [-0.4, -0.2) is 28.5 Å². The lowest BCUT2D eigenvalue weighted by atomic mass is 9.94. The van der Waals surface area contributed by atoms with Gasteiger partial charge in [0.25, 0.3) is 5.91 Å².